The smallest absolute Gasteiger partial charge is 0.300 e. The topological polar surface area (TPSA) is 57.6 Å². The van der Waals surface area contributed by atoms with Crippen LogP contribution >= 0.6 is 15.9 Å². The number of hydrogen-bond donors (Lipinski definition) is 1. The number of para-hydroxylation sites is 1. The van der Waals surface area contributed by atoms with E-state index in [1.807, 2.05) is 48.5 Å². The summed E-state index contributed by atoms with van der Waals surface area (Å²) in [6.45, 7) is 0. The summed E-state index contributed by atoms with van der Waals surface area (Å²) in [6, 6.07) is 24.5. The molecule has 0 aliphatic carbocycles. The van der Waals surface area contributed by atoms with Crippen molar-refractivity contribution in [3.8, 4) is 0 Å². The van der Waals surface area contributed by atoms with Gasteiger partial charge in [0.05, 0.1) is 11.6 Å². The average Bonchev–Trinajstić information content (AvgIpc) is 3.00. The van der Waals surface area contributed by atoms with Crippen LogP contribution in [0.2, 0.25) is 0 Å². The zero-order chi connectivity index (χ0) is 19.7. The first-order valence-corrected chi connectivity index (χ1v) is 9.54. The lowest BCUT2D eigenvalue weighted by molar-refractivity contribution is -0.132. The van der Waals surface area contributed by atoms with Crippen molar-refractivity contribution in [2.75, 3.05) is 4.90 Å². The number of aliphatic hydroxyl groups excluding tert-OH is 1. The van der Waals surface area contributed by atoms with E-state index in [0.717, 1.165) is 10.0 Å². The lowest BCUT2D eigenvalue weighted by Crippen LogP contribution is -2.29. The van der Waals surface area contributed by atoms with Crippen LogP contribution in [0.3, 0.4) is 0 Å². The van der Waals surface area contributed by atoms with E-state index in [4.69, 9.17) is 0 Å². The zero-order valence-corrected chi connectivity index (χ0v) is 16.3. The van der Waals surface area contributed by atoms with Gasteiger partial charge in [-0.3, -0.25) is 14.5 Å². The van der Waals surface area contributed by atoms with Crippen LogP contribution in [-0.2, 0) is 9.59 Å². The largest absolute Gasteiger partial charge is 0.507 e. The Morgan fingerprint density at radius 3 is 2.00 bits per heavy atom. The molecule has 1 amide bonds. The fraction of sp³-hybridized carbons (Fsp3) is 0.0435. The molecular formula is C23H16BrNO3. The van der Waals surface area contributed by atoms with Crippen molar-refractivity contribution < 1.29 is 14.7 Å². The Morgan fingerprint density at radius 2 is 1.39 bits per heavy atom. The molecule has 1 aliphatic rings. The van der Waals surface area contributed by atoms with Gasteiger partial charge in [0.2, 0.25) is 0 Å². The molecule has 1 aliphatic heterocycles. The number of benzene rings is 3. The number of carbonyl (C=O) groups is 2. The highest BCUT2D eigenvalue weighted by Gasteiger charge is 2.46. The molecule has 5 heteroatoms. The molecule has 28 heavy (non-hydrogen) atoms. The van der Waals surface area contributed by atoms with Crippen LogP contribution in [0.15, 0.2) is 95.0 Å². The third kappa shape index (κ3) is 3.14. The number of ketones is 1. The summed E-state index contributed by atoms with van der Waals surface area (Å²) in [5.41, 5.74) is 1.92. The molecule has 1 heterocycles. The first-order chi connectivity index (χ1) is 13.6. The molecule has 138 valence electrons. The Bertz CT molecular complexity index is 1060. The van der Waals surface area contributed by atoms with E-state index in [-0.39, 0.29) is 11.3 Å². The maximum atomic E-state index is 12.9. The quantitative estimate of drug-likeness (QED) is 0.356. The normalized spacial score (nSPS) is 18.5. The second-order valence-electron chi connectivity index (χ2n) is 6.42. The first kappa shape index (κ1) is 18.2. The Labute approximate surface area is 170 Å². The van der Waals surface area contributed by atoms with Crippen LogP contribution in [-0.4, -0.2) is 16.8 Å². The summed E-state index contributed by atoms with van der Waals surface area (Å²) < 4.78 is 0.885. The van der Waals surface area contributed by atoms with Crippen molar-refractivity contribution in [3.05, 3.63) is 106 Å². The Hall–Kier alpha value is -3.18. The Kier molecular flexibility index (Phi) is 4.84. The number of anilines is 1. The van der Waals surface area contributed by atoms with Gasteiger partial charge in [0.25, 0.3) is 11.7 Å². The molecule has 1 saturated heterocycles. The number of amides is 1. The third-order valence-corrected chi connectivity index (χ3v) is 5.24. The number of rotatable bonds is 3. The minimum atomic E-state index is -0.712. The van der Waals surface area contributed by atoms with Gasteiger partial charge in [-0.25, -0.2) is 0 Å². The van der Waals surface area contributed by atoms with Crippen LogP contribution in [0.5, 0.6) is 0 Å². The molecule has 4 rings (SSSR count). The van der Waals surface area contributed by atoms with Crippen molar-refractivity contribution in [3.63, 3.8) is 0 Å². The van der Waals surface area contributed by atoms with E-state index in [9.17, 15) is 14.7 Å². The van der Waals surface area contributed by atoms with E-state index in [2.05, 4.69) is 15.9 Å². The molecule has 0 radical (unpaired) electrons. The summed E-state index contributed by atoms with van der Waals surface area (Å²) in [7, 11) is 0. The van der Waals surface area contributed by atoms with Crippen molar-refractivity contribution in [2.24, 2.45) is 0 Å². The third-order valence-electron chi connectivity index (χ3n) is 4.71. The number of Topliss-reactive ketones (excluding diaryl/α,β-unsaturated/α-hetero) is 1. The van der Waals surface area contributed by atoms with Crippen LogP contribution in [0.4, 0.5) is 5.69 Å². The molecule has 1 atom stereocenters. The first-order valence-electron chi connectivity index (χ1n) is 8.75. The van der Waals surface area contributed by atoms with Crippen molar-refractivity contribution in [1.82, 2.24) is 0 Å². The van der Waals surface area contributed by atoms with Gasteiger partial charge in [-0.2, -0.15) is 0 Å². The van der Waals surface area contributed by atoms with Gasteiger partial charge >= 0.3 is 0 Å². The van der Waals surface area contributed by atoms with Gasteiger partial charge in [-0.15, -0.1) is 0 Å². The lowest BCUT2D eigenvalue weighted by atomic mass is 9.95. The predicted octanol–water partition coefficient (Wildman–Crippen LogP) is 5.08. The summed E-state index contributed by atoms with van der Waals surface area (Å²) in [5, 5.41) is 10.9. The molecule has 3 aromatic rings. The highest BCUT2D eigenvalue weighted by Crippen LogP contribution is 2.42. The summed E-state index contributed by atoms with van der Waals surface area (Å²) >= 11 is 3.41. The van der Waals surface area contributed by atoms with Gasteiger partial charge in [0.1, 0.15) is 5.76 Å². The fourth-order valence-electron chi connectivity index (χ4n) is 3.40. The molecule has 4 nitrogen and oxygen atoms in total. The van der Waals surface area contributed by atoms with Gasteiger partial charge in [0, 0.05) is 15.7 Å². The molecule has 1 N–H and O–H groups in total. The number of carbonyl (C=O) groups excluding carboxylic acids is 2. The molecule has 3 aromatic carbocycles. The molecule has 0 spiro atoms. The molecule has 1 fully saturated rings. The molecular weight excluding hydrogens is 418 g/mol. The fourth-order valence-corrected chi connectivity index (χ4v) is 3.66. The van der Waals surface area contributed by atoms with E-state index in [0.29, 0.717) is 11.3 Å². The zero-order valence-electron chi connectivity index (χ0n) is 14.7. The maximum absolute atomic E-state index is 12.9. The summed E-state index contributed by atoms with van der Waals surface area (Å²) in [5.74, 6) is -1.53. The van der Waals surface area contributed by atoms with Crippen molar-refractivity contribution in [2.45, 2.75) is 6.04 Å². The van der Waals surface area contributed by atoms with Crippen LogP contribution in [0.25, 0.3) is 5.76 Å². The minimum Gasteiger partial charge on any atom is -0.507 e. The van der Waals surface area contributed by atoms with Crippen LogP contribution in [0.1, 0.15) is 17.2 Å². The standard InChI is InChI=1S/C23H16BrNO3/c24-17-13-11-15(12-14-17)20-19(21(26)16-7-3-1-4-8-16)22(27)23(28)25(20)18-9-5-2-6-10-18/h1-14,20,26H/t20-/m0/s1. The van der Waals surface area contributed by atoms with Crippen molar-refractivity contribution in [1.29, 1.82) is 0 Å². The molecule has 0 unspecified atom stereocenters. The minimum absolute atomic E-state index is 0.0855. The van der Waals surface area contributed by atoms with Gasteiger partial charge in [0.15, 0.2) is 0 Å². The summed E-state index contributed by atoms with van der Waals surface area (Å²) in [4.78, 5) is 27.3. The van der Waals surface area contributed by atoms with E-state index in [1.54, 1.807) is 36.4 Å². The van der Waals surface area contributed by atoms with E-state index < -0.39 is 17.7 Å². The highest BCUT2D eigenvalue weighted by atomic mass is 79.9. The Morgan fingerprint density at radius 1 is 0.821 bits per heavy atom. The lowest BCUT2D eigenvalue weighted by Gasteiger charge is -2.25. The summed E-state index contributed by atoms with van der Waals surface area (Å²) in [6.07, 6.45) is 0. The van der Waals surface area contributed by atoms with Gasteiger partial charge in [-0.05, 0) is 29.8 Å². The Balaban J connectivity index is 1.95. The highest BCUT2D eigenvalue weighted by molar-refractivity contribution is 9.10. The molecule has 0 aromatic heterocycles. The van der Waals surface area contributed by atoms with Gasteiger partial charge < -0.3 is 5.11 Å². The van der Waals surface area contributed by atoms with Crippen LogP contribution in [0, 0.1) is 0 Å². The van der Waals surface area contributed by atoms with E-state index >= 15 is 0 Å². The van der Waals surface area contributed by atoms with Crippen molar-refractivity contribution >= 4 is 39.1 Å². The maximum Gasteiger partial charge on any atom is 0.300 e. The number of aliphatic hydroxyl groups is 1. The number of nitrogens with zero attached hydrogens (tertiary/aromatic N) is 1. The predicted molar refractivity (Wildman–Crippen MR) is 112 cm³/mol. The SMILES string of the molecule is O=C1C(=O)N(c2ccccc2)[C@@H](c2ccc(Br)cc2)C1=C(O)c1ccccc1. The molecule has 0 saturated carbocycles. The monoisotopic (exact) mass is 433 g/mol. The van der Waals surface area contributed by atoms with Crippen LogP contribution < -0.4 is 4.90 Å². The van der Waals surface area contributed by atoms with Gasteiger partial charge in [-0.1, -0.05) is 76.6 Å². The number of hydrogen-bond acceptors (Lipinski definition) is 3. The second kappa shape index (κ2) is 7.44. The molecule has 0 bridgehead atoms. The average molecular weight is 434 g/mol. The number of halogens is 1. The second-order valence-corrected chi connectivity index (χ2v) is 7.34. The van der Waals surface area contributed by atoms with E-state index in [1.165, 1.54) is 4.90 Å².